The number of carbonyl (C=O) groups is 1. The fourth-order valence-electron chi connectivity index (χ4n) is 1.82. The zero-order chi connectivity index (χ0) is 14.0. The van der Waals surface area contributed by atoms with E-state index in [-0.39, 0.29) is 12.2 Å². The molecule has 98 valence electrons. The molecule has 0 aliphatic heterocycles. The summed E-state index contributed by atoms with van der Waals surface area (Å²) in [7, 11) is 0. The second-order valence-electron chi connectivity index (χ2n) is 4.34. The van der Waals surface area contributed by atoms with Gasteiger partial charge in [0.25, 0.3) is 0 Å². The van der Waals surface area contributed by atoms with E-state index in [1.54, 1.807) is 25.1 Å². The van der Waals surface area contributed by atoms with Gasteiger partial charge in [0.15, 0.2) is 5.78 Å². The number of rotatable bonds is 3. The van der Waals surface area contributed by atoms with Crippen LogP contribution in [-0.4, -0.2) is 5.78 Å². The first-order chi connectivity index (χ1) is 8.95. The Bertz CT molecular complexity index is 618. The van der Waals surface area contributed by atoms with Crippen LogP contribution in [0.15, 0.2) is 36.4 Å². The summed E-state index contributed by atoms with van der Waals surface area (Å²) in [6.45, 7) is 1.79. The molecular weight excluding hydrogens is 270 g/mol. The molecule has 2 aromatic carbocycles. The highest BCUT2D eigenvalue weighted by atomic mass is 35.5. The molecule has 0 fully saturated rings. The van der Waals surface area contributed by atoms with Gasteiger partial charge < -0.3 is 0 Å². The second kappa shape index (κ2) is 5.49. The number of hydrogen-bond donors (Lipinski definition) is 0. The highest BCUT2D eigenvalue weighted by Crippen LogP contribution is 2.18. The summed E-state index contributed by atoms with van der Waals surface area (Å²) < 4.78 is 26.1. The van der Waals surface area contributed by atoms with Crippen molar-refractivity contribution in [3.05, 3.63) is 69.7 Å². The lowest BCUT2D eigenvalue weighted by Crippen LogP contribution is -2.04. The van der Waals surface area contributed by atoms with Crippen molar-refractivity contribution in [3.8, 4) is 0 Å². The molecule has 0 atom stereocenters. The van der Waals surface area contributed by atoms with E-state index in [9.17, 15) is 13.6 Å². The first-order valence-electron chi connectivity index (χ1n) is 5.70. The SMILES string of the molecule is Cc1cc(C(=O)Cc2cc(F)cc(F)c2)ccc1Cl. The molecule has 2 aromatic rings. The molecule has 0 aliphatic rings. The normalized spacial score (nSPS) is 10.5. The van der Waals surface area contributed by atoms with E-state index in [1.165, 1.54) is 0 Å². The number of halogens is 3. The summed E-state index contributed by atoms with van der Waals surface area (Å²) in [5, 5.41) is 0.577. The predicted octanol–water partition coefficient (Wildman–Crippen LogP) is 4.35. The van der Waals surface area contributed by atoms with Crippen LogP contribution in [0.4, 0.5) is 8.78 Å². The van der Waals surface area contributed by atoms with Crippen LogP contribution in [0, 0.1) is 18.6 Å². The first-order valence-corrected chi connectivity index (χ1v) is 6.08. The van der Waals surface area contributed by atoms with Gasteiger partial charge >= 0.3 is 0 Å². The Morgan fingerprint density at radius 3 is 2.32 bits per heavy atom. The Morgan fingerprint density at radius 2 is 1.74 bits per heavy atom. The minimum Gasteiger partial charge on any atom is -0.294 e. The predicted molar refractivity (Wildman–Crippen MR) is 70.6 cm³/mol. The summed E-state index contributed by atoms with van der Waals surface area (Å²) in [5.74, 6) is -1.57. The molecule has 4 heteroatoms. The summed E-state index contributed by atoms with van der Waals surface area (Å²) in [6.07, 6.45) is -0.0459. The Morgan fingerprint density at radius 1 is 1.11 bits per heavy atom. The van der Waals surface area contributed by atoms with E-state index in [1.807, 2.05) is 0 Å². The molecule has 0 heterocycles. The molecule has 2 rings (SSSR count). The third-order valence-electron chi connectivity index (χ3n) is 2.77. The lowest BCUT2D eigenvalue weighted by molar-refractivity contribution is 0.0993. The van der Waals surface area contributed by atoms with Gasteiger partial charge in [0.1, 0.15) is 11.6 Å². The van der Waals surface area contributed by atoms with Crippen LogP contribution >= 0.6 is 11.6 Å². The van der Waals surface area contributed by atoms with Crippen molar-refractivity contribution in [1.29, 1.82) is 0 Å². The summed E-state index contributed by atoms with van der Waals surface area (Å²) in [6, 6.07) is 8.00. The number of benzene rings is 2. The van der Waals surface area contributed by atoms with Crippen molar-refractivity contribution < 1.29 is 13.6 Å². The molecule has 0 amide bonds. The van der Waals surface area contributed by atoms with Crippen LogP contribution in [0.5, 0.6) is 0 Å². The van der Waals surface area contributed by atoms with Crippen LogP contribution in [-0.2, 0) is 6.42 Å². The molecule has 0 bridgehead atoms. The quantitative estimate of drug-likeness (QED) is 0.764. The molecule has 0 saturated carbocycles. The van der Waals surface area contributed by atoms with Crippen molar-refractivity contribution in [3.63, 3.8) is 0 Å². The molecule has 0 radical (unpaired) electrons. The standard InChI is InChI=1S/C15H11ClF2O/c1-9-4-11(2-3-14(9)16)15(19)7-10-5-12(17)8-13(18)6-10/h2-6,8H,7H2,1H3. The maximum Gasteiger partial charge on any atom is 0.167 e. The molecule has 19 heavy (non-hydrogen) atoms. The van der Waals surface area contributed by atoms with Gasteiger partial charge in [-0.15, -0.1) is 0 Å². The molecule has 0 aliphatic carbocycles. The lowest BCUT2D eigenvalue weighted by atomic mass is 10.0. The van der Waals surface area contributed by atoms with Gasteiger partial charge in [-0.1, -0.05) is 11.6 Å². The molecule has 0 saturated heterocycles. The third-order valence-corrected chi connectivity index (χ3v) is 3.19. The van der Waals surface area contributed by atoms with Gasteiger partial charge in [0.2, 0.25) is 0 Å². The Hall–Kier alpha value is -1.74. The molecule has 0 spiro atoms. The second-order valence-corrected chi connectivity index (χ2v) is 4.75. The topological polar surface area (TPSA) is 17.1 Å². The molecule has 0 aromatic heterocycles. The van der Waals surface area contributed by atoms with Gasteiger partial charge in [-0.2, -0.15) is 0 Å². The maximum atomic E-state index is 13.0. The van der Waals surface area contributed by atoms with Gasteiger partial charge in [-0.3, -0.25) is 4.79 Å². The van der Waals surface area contributed by atoms with Crippen LogP contribution < -0.4 is 0 Å². The highest BCUT2D eigenvalue weighted by molar-refractivity contribution is 6.31. The van der Waals surface area contributed by atoms with Gasteiger partial charge in [-0.05, 0) is 48.4 Å². The van der Waals surface area contributed by atoms with Crippen molar-refractivity contribution in [2.45, 2.75) is 13.3 Å². The highest BCUT2D eigenvalue weighted by Gasteiger charge is 2.10. The molecule has 1 nitrogen and oxygen atoms in total. The van der Waals surface area contributed by atoms with E-state index in [0.29, 0.717) is 16.1 Å². The Labute approximate surface area is 114 Å². The van der Waals surface area contributed by atoms with E-state index >= 15 is 0 Å². The van der Waals surface area contributed by atoms with Crippen LogP contribution in [0.1, 0.15) is 21.5 Å². The van der Waals surface area contributed by atoms with Gasteiger partial charge in [0, 0.05) is 23.1 Å². The Kier molecular flexibility index (Phi) is 3.96. The van der Waals surface area contributed by atoms with Crippen LogP contribution in [0.3, 0.4) is 0 Å². The van der Waals surface area contributed by atoms with E-state index in [4.69, 9.17) is 11.6 Å². The smallest absolute Gasteiger partial charge is 0.167 e. The van der Waals surface area contributed by atoms with Crippen LogP contribution in [0.25, 0.3) is 0 Å². The largest absolute Gasteiger partial charge is 0.294 e. The van der Waals surface area contributed by atoms with E-state index in [0.717, 1.165) is 23.8 Å². The average Bonchev–Trinajstić information content (AvgIpc) is 2.31. The number of Topliss-reactive ketones (excluding diaryl/α,β-unsaturated/α-hetero) is 1. The zero-order valence-electron chi connectivity index (χ0n) is 10.2. The zero-order valence-corrected chi connectivity index (χ0v) is 11.0. The van der Waals surface area contributed by atoms with Gasteiger partial charge in [-0.25, -0.2) is 8.78 Å². The average molecular weight is 281 g/mol. The number of aryl methyl sites for hydroxylation is 1. The van der Waals surface area contributed by atoms with Crippen LogP contribution in [0.2, 0.25) is 5.02 Å². The number of carbonyl (C=O) groups excluding carboxylic acids is 1. The summed E-state index contributed by atoms with van der Waals surface area (Å²) >= 11 is 5.88. The van der Waals surface area contributed by atoms with Crippen molar-refractivity contribution in [1.82, 2.24) is 0 Å². The fourth-order valence-corrected chi connectivity index (χ4v) is 1.94. The lowest BCUT2D eigenvalue weighted by Gasteiger charge is -2.04. The van der Waals surface area contributed by atoms with E-state index < -0.39 is 11.6 Å². The number of ketones is 1. The summed E-state index contributed by atoms with van der Waals surface area (Å²) in [4.78, 5) is 12.0. The molecule has 0 N–H and O–H groups in total. The van der Waals surface area contributed by atoms with Gasteiger partial charge in [0.05, 0.1) is 0 Å². The maximum absolute atomic E-state index is 13.0. The van der Waals surface area contributed by atoms with E-state index in [2.05, 4.69) is 0 Å². The van der Waals surface area contributed by atoms with Crippen molar-refractivity contribution in [2.24, 2.45) is 0 Å². The third kappa shape index (κ3) is 3.38. The fraction of sp³-hybridized carbons (Fsp3) is 0.133. The first kappa shape index (κ1) is 13.7. The monoisotopic (exact) mass is 280 g/mol. The summed E-state index contributed by atoms with van der Waals surface area (Å²) in [5.41, 5.74) is 1.58. The molecular formula is C15H11ClF2O. The Balaban J connectivity index is 2.22. The minimum absolute atomic E-state index is 0.0459. The molecule has 0 unspecified atom stereocenters. The van der Waals surface area contributed by atoms with Crippen molar-refractivity contribution in [2.75, 3.05) is 0 Å². The van der Waals surface area contributed by atoms with Crippen molar-refractivity contribution >= 4 is 17.4 Å². The minimum atomic E-state index is -0.685. The number of hydrogen-bond acceptors (Lipinski definition) is 1.